The minimum Gasteiger partial charge on any atom is -0.465 e. The Labute approximate surface area is 143 Å². The lowest BCUT2D eigenvalue weighted by molar-refractivity contribution is 0.0148. The van der Waals surface area contributed by atoms with Crippen LogP contribution >= 0.6 is 0 Å². The minimum atomic E-state index is -0.922. The molecular formula is C18H26N2O4. The summed E-state index contributed by atoms with van der Waals surface area (Å²) < 4.78 is 5.37. The van der Waals surface area contributed by atoms with Gasteiger partial charge in [-0.25, -0.2) is 9.59 Å². The fourth-order valence-corrected chi connectivity index (χ4v) is 2.82. The second kappa shape index (κ2) is 7.55. The molecule has 2 rings (SSSR count). The van der Waals surface area contributed by atoms with Crippen LogP contribution in [0.3, 0.4) is 0 Å². The molecule has 1 saturated heterocycles. The molecule has 1 N–H and O–H groups in total. The molecule has 24 heavy (non-hydrogen) atoms. The van der Waals surface area contributed by atoms with E-state index in [2.05, 4.69) is 0 Å². The van der Waals surface area contributed by atoms with E-state index >= 15 is 0 Å². The highest BCUT2D eigenvalue weighted by Gasteiger charge is 2.31. The maximum Gasteiger partial charge on any atom is 0.410 e. The van der Waals surface area contributed by atoms with Gasteiger partial charge in [-0.05, 0) is 39.2 Å². The standard InChI is InChI=1S/C18H26N2O4/c1-18(2,3)24-17(23)19-11-9-15(10-12-19)20(16(21)22)13-14-7-5-4-6-8-14/h4-8,15H,9-13H2,1-3H3,(H,21,22). The fourth-order valence-electron chi connectivity index (χ4n) is 2.82. The Kier molecular flexibility index (Phi) is 5.70. The Hall–Kier alpha value is -2.24. The summed E-state index contributed by atoms with van der Waals surface area (Å²) in [6.07, 6.45) is -0.00280. The van der Waals surface area contributed by atoms with E-state index in [9.17, 15) is 14.7 Å². The second-order valence-corrected chi connectivity index (χ2v) is 7.09. The summed E-state index contributed by atoms with van der Waals surface area (Å²) in [5.74, 6) is 0. The molecule has 1 fully saturated rings. The van der Waals surface area contributed by atoms with E-state index in [1.807, 2.05) is 51.1 Å². The third kappa shape index (κ3) is 5.15. The average Bonchev–Trinajstić information content (AvgIpc) is 2.52. The highest BCUT2D eigenvalue weighted by atomic mass is 16.6. The molecule has 1 aromatic rings. The predicted molar refractivity (Wildman–Crippen MR) is 90.8 cm³/mol. The van der Waals surface area contributed by atoms with E-state index in [1.165, 1.54) is 4.90 Å². The van der Waals surface area contributed by atoms with Crippen molar-refractivity contribution in [2.24, 2.45) is 0 Å². The predicted octanol–water partition coefficient (Wildman–Crippen LogP) is 3.57. The van der Waals surface area contributed by atoms with Gasteiger partial charge < -0.3 is 19.6 Å². The summed E-state index contributed by atoms with van der Waals surface area (Å²) in [5.41, 5.74) is 0.448. The van der Waals surface area contributed by atoms with Crippen LogP contribution in [0.25, 0.3) is 0 Å². The number of ether oxygens (including phenoxy) is 1. The van der Waals surface area contributed by atoms with Gasteiger partial charge in [-0.3, -0.25) is 0 Å². The van der Waals surface area contributed by atoms with Crippen LogP contribution in [-0.4, -0.2) is 51.8 Å². The highest BCUT2D eigenvalue weighted by Crippen LogP contribution is 2.21. The monoisotopic (exact) mass is 334 g/mol. The van der Waals surface area contributed by atoms with Crippen molar-refractivity contribution in [1.82, 2.24) is 9.80 Å². The zero-order valence-electron chi connectivity index (χ0n) is 14.6. The molecule has 1 aliphatic heterocycles. The lowest BCUT2D eigenvalue weighted by atomic mass is 10.0. The first-order valence-corrected chi connectivity index (χ1v) is 8.27. The second-order valence-electron chi connectivity index (χ2n) is 7.09. The summed E-state index contributed by atoms with van der Waals surface area (Å²) in [6, 6.07) is 9.48. The fraction of sp³-hybridized carbons (Fsp3) is 0.556. The van der Waals surface area contributed by atoms with E-state index in [4.69, 9.17) is 4.74 Å². The van der Waals surface area contributed by atoms with Gasteiger partial charge >= 0.3 is 12.2 Å². The van der Waals surface area contributed by atoms with Gasteiger partial charge in [0.2, 0.25) is 0 Å². The van der Waals surface area contributed by atoms with Gasteiger partial charge in [0.1, 0.15) is 5.60 Å². The molecule has 0 aliphatic carbocycles. The normalized spacial score (nSPS) is 15.9. The van der Waals surface area contributed by atoms with Crippen molar-refractivity contribution in [1.29, 1.82) is 0 Å². The van der Waals surface area contributed by atoms with Crippen LogP contribution in [-0.2, 0) is 11.3 Å². The third-order valence-electron chi connectivity index (χ3n) is 4.00. The summed E-state index contributed by atoms with van der Waals surface area (Å²) >= 11 is 0. The summed E-state index contributed by atoms with van der Waals surface area (Å²) in [7, 11) is 0. The molecule has 6 heteroatoms. The van der Waals surface area contributed by atoms with Crippen LogP contribution in [0.4, 0.5) is 9.59 Å². The van der Waals surface area contributed by atoms with Gasteiger partial charge in [-0.1, -0.05) is 30.3 Å². The summed E-state index contributed by atoms with van der Waals surface area (Å²) in [4.78, 5) is 26.8. The molecule has 6 nitrogen and oxygen atoms in total. The maximum atomic E-state index is 12.1. The van der Waals surface area contributed by atoms with Gasteiger partial charge in [-0.15, -0.1) is 0 Å². The first kappa shape index (κ1) is 18.1. The SMILES string of the molecule is CC(C)(C)OC(=O)N1CCC(N(Cc2ccccc2)C(=O)O)CC1. The van der Waals surface area contributed by atoms with Gasteiger partial charge in [0.15, 0.2) is 0 Å². The highest BCUT2D eigenvalue weighted by molar-refractivity contribution is 5.68. The van der Waals surface area contributed by atoms with Crippen LogP contribution in [0, 0.1) is 0 Å². The maximum absolute atomic E-state index is 12.1. The van der Waals surface area contributed by atoms with Gasteiger partial charge in [0.05, 0.1) is 0 Å². The number of piperidine rings is 1. The molecule has 0 unspecified atom stereocenters. The number of hydrogen-bond acceptors (Lipinski definition) is 3. The van der Waals surface area contributed by atoms with E-state index in [1.54, 1.807) is 4.90 Å². The number of amides is 2. The molecule has 0 bridgehead atoms. The van der Waals surface area contributed by atoms with Gasteiger partial charge in [0.25, 0.3) is 0 Å². The lowest BCUT2D eigenvalue weighted by Gasteiger charge is -2.37. The van der Waals surface area contributed by atoms with Gasteiger partial charge in [-0.2, -0.15) is 0 Å². The van der Waals surface area contributed by atoms with E-state index < -0.39 is 11.7 Å². The zero-order chi connectivity index (χ0) is 17.7. The number of carboxylic acid groups (broad SMARTS) is 1. The number of hydrogen-bond donors (Lipinski definition) is 1. The van der Waals surface area contributed by atoms with Crippen molar-refractivity contribution in [3.8, 4) is 0 Å². The molecule has 0 radical (unpaired) electrons. The van der Waals surface area contributed by atoms with Crippen LogP contribution in [0.5, 0.6) is 0 Å². The minimum absolute atomic E-state index is 0.0820. The molecular weight excluding hydrogens is 308 g/mol. The Morgan fingerprint density at radius 3 is 2.29 bits per heavy atom. The third-order valence-corrected chi connectivity index (χ3v) is 4.00. The van der Waals surface area contributed by atoms with Crippen molar-refractivity contribution in [3.05, 3.63) is 35.9 Å². The van der Waals surface area contributed by atoms with Crippen molar-refractivity contribution in [2.75, 3.05) is 13.1 Å². The largest absolute Gasteiger partial charge is 0.465 e. The average molecular weight is 334 g/mol. The van der Waals surface area contributed by atoms with Crippen molar-refractivity contribution < 1.29 is 19.4 Å². The number of rotatable bonds is 3. The Morgan fingerprint density at radius 2 is 1.79 bits per heavy atom. The van der Waals surface area contributed by atoms with Crippen LogP contribution in [0.15, 0.2) is 30.3 Å². The number of nitrogens with zero attached hydrogens (tertiary/aromatic N) is 2. The molecule has 132 valence electrons. The summed E-state index contributed by atoms with van der Waals surface area (Å²) in [6.45, 7) is 6.90. The Balaban J connectivity index is 1.93. The van der Waals surface area contributed by atoms with Crippen LogP contribution < -0.4 is 0 Å². The molecule has 1 heterocycles. The van der Waals surface area contributed by atoms with Crippen LogP contribution in [0.2, 0.25) is 0 Å². The molecule has 0 saturated carbocycles. The van der Waals surface area contributed by atoms with E-state index in [0.717, 1.165) is 5.56 Å². The van der Waals surface area contributed by atoms with Gasteiger partial charge in [0, 0.05) is 25.7 Å². The number of benzene rings is 1. The first-order chi connectivity index (χ1) is 11.3. The Morgan fingerprint density at radius 1 is 1.21 bits per heavy atom. The lowest BCUT2D eigenvalue weighted by Crippen LogP contribution is -2.49. The molecule has 2 amide bonds. The first-order valence-electron chi connectivity index (χ1n) is 8.27. The Bertz CT molecular complexity index is 560. The van der Waals surface area contributed by atoms with E-state index in [-0.39, 0.29) is 12.1 Å². The molecule has 0 aromatic heterocycles. The van der Waals surface area contributed by atoms with E-state index in [0.29, 0.717) is 32.5 Å². The molecule has 0 spiro atoms. The molecule has 1 aromatic carbocycles. The summed E-state index contributed by atoms with van der Waals surface area (Å²) in [5, 5.41) is 9.54. The van der Waals surface area contributed by atoms with Crippen molar-refractivity contribution in [2.45, 2.75) is 51.8 Å². The number of carbonyl (C=O) groups is 2. The number of likely N-dealkylation sites (tertiary alicyclic amines) is 1. The molecule has 1 aliphatic rings. The zero-order valence-corrected chi connectivity index (χ0v) is 14.6. The smallest absolute Gasteiger partial charge is 0.410 e. The van der Waals surface area contributed by atoms with Crippen LogP contribution in [0.1, 0.15) is 39.2 Å². The van der Waals surface area contributed by atoms with Crippen molar-refractivity contribution >= 4 is 12.2 Å². The van der Waals surface area contributed by atoms with Crippen molar-refractivity contribution in [3.63, 3.8) is 0 Å². The molecule has 0 atom stereocenters. The number of carbonyl (C=O) groups excluding carboxylic acids is 1. The quantitative estimate of drug-likeness (QED) is 0.917. The topological polar surface area (TPSA) is 70.1 Å².